The zero-order valence-electron chi connectivity index (χ0n) is 9.50. The van der Waals surface area contributed by atoms with Gasteiger partial charge in [-0.05, 0) is 32.9 Å². The van der Waals surface area contributed by atoms with Gasteiger partial charge >= 0.3 is 0 Å². The Morgan fingerprint density at radius 3 is 2.31 bits per heavy atom. The van der Waals surface area contributed by atoms with E-state index in [1.54, 1.807) is 0 Å². The molecule has 0 bridgehead atoms. The van der Waals surface area contributed by atoms with Gasteiger partial charge in [0.15, 0.2) is 0 Å². The lowest BCUT2D eigenvalue weighted by atomic mass is 10.2. The number of benzene rings is 1. The lowest BCUT2D eigenvalue weighted by Crippen LogP contribution is -1.93. The maximum absolute atomic E-state index is 4.54. The van der Waals surface area contributed by atoms with Crippen molar-refractivity contribution in [2.24, 2.45) is 0 Å². The van der Waals surface area contributed by atoms with Gasteiger partial charge in [0.05, 0.1) is 27.8 Å². The normalized spacial score (nSPS) is 11.4. The first-order chi connectivity index (χ1) is 7.63. The zero-order valence-corrected chi connectivity index (χ0v) is 9.50. The first-order valence-corrected chi connectivity index (χ1v) is 5.25. The summed E-state index contributed by atoms with van der Waals surface area (Å²) in [4.78, 5) is 16.6. The molecule has 0 atom stereocenters. The molecule has 0 amide bonds. The molecule has 4 heteroatoms. The molecule has 0 spiro atoms. The van der Waals surface area contributed by atoms with E-state index >= 15 is 0 Å². The molecule has 0 aliphatic heterocycles. The molecule has 3 aromatic rings. The number of H-pyrrole nitrogens is 1. The number of fused-ring (bicyclic) bond motifs is 2. The molecule has 2 aromatic heterocycles. The summed E-state index contributed by atoms with van der Waals surface area (Å²) in [6.45, 7) is 5.92. The molecule has 0 radical (unpaired) electrons. The Kier molecular flexibility index (Phi) is 1.74. The number of nitrogens with one attached hydrogen (secondary N) is 1. The summed E-state index contributed by atoms with van der Waals surface area (Å²) in [5.41, 5.74) is 5.89. The van der Waals surface area contributed by atoms with Crippen LogP contribution >= 0.6 is 0 Å². The van der Waals surface area contributed by atoms with Crippen LogP contribution in [0.5, 0.6) is 0 Å². The highest BCUT2D eigenvalue weighted by molar-refractivity contribution is 5.91. The van der Waals surface area contributed by atoms with Gasteiger partial charge < -0.3 is 4.98 Å². The fourth-order valence-electron chi connectivity index (χ4n) is 1.87. The van der Waals surface area contributed by atoms with Crippen molar-refractivity contribution >= 4 is 22.1 Å². The maximum Gasteiger partial charge on any atom is 0.126 e. The highest BCUT2D eigenvalue weighted by Crippen LogP contribution is 2.19. The van der Waals surface area contributed by atoms with Crippen LogP contribution in [0.25, 0.3) is 22.1 Å². The van der Waals surface area contributed by atoms with Crippen LogP contribution in [0, 0.1) is 20.8 Å². The van der Waals surface area contributed by atoms with E-state index in [0.717, 1.165) is 39.3 Å². The molecule has 1 N–H and O–H groups in total. The van der Waals surface area contributed by atoms with E-state index in [2.05, 4.69) is 19.9 Å². The Bertz CT molecular complexity index is 638. The number of aromatic nitrogens is 4. The van der Waals surface area contributed by atoms with Crippen LogP contribution in [0.1, 0.15) is 17.2 Å². The van der Waals surface area contributed by atoms with Gasteiger partial charge in [0.25, 0.3) is 0 Å². The quantitative estimate of drug-likeness (QED) is 0.622. The fraction of sp³-hybridized carbons (Fsp3) is 0.250. The van der Waals surface area contributed by atoms with Gasteiger partial charge in [-0.15, -0.1) is 0 Å². The molecule has 0 aliphatic carbocycles. The van der Waals surface area contributed by atoms with Crippen molar-refractivity contribution in [3.05, 3.63) is 29.3 Å². The summed E-state index contributed by atoms with van der Waals surface area (Å²) < 4.78 is 0. The molecule has 2 heterocycles. The van der Waals surface area contributed by atoms with Crippen LogP contribution in [-0.2, 0) is 0 Å². The summed E-state index contributed by atoms with van der Waals surface area (Å²) in [5, 5.41) is 0. The van der Waals surface area contributed by atoms with Crippen LogP contribution in [0.15, 0.2) is 12.1 Å². The Hall–Kier alpha value is -1.97. The standard InChI is InChI=1S/C12H12N4/c1-6-7(2)14-10-5-12-11(4-9(10)13-6)15-8(3)16-12/h4-5,13H,1-3H3. The van der Waals surface area contributed by atoms with Gasteiger partial charge in [0.2, 0.25) is 0 Å². The maximum atomic E-state index is 4.54. The topological polar surface area (TPSA) is 54.5 Å². The smallest absolute Gasteiger partial charge is 0.126 e. The van der Waals surface area contributed by atoms with Gasteiger partial charge in [0, 0.05) is 5.69 Å². The molecule has 0 aliphatic rings. The Balaban J connectivity index is 2.45. The lowest BCUT2D eigenvalue weighted by molar-refractivity contribution is 1.10. The minimum absolute atomic E-state index is 0.804. The second kappa shape index (κ2) is 3.01. The largest absolute Gasteiger partial charge is 0.356 e. The first kappa shape index (κ1) is 9.27. The van der Waals surface area contributed by atoms with E-state index in [1.165, 1.54) is 0 Å². The second-order valence-corrected chi connectivity index (χ2v) is 4.08. The van der Waals surface area contributed by atoms with Crippen LogP contribution < -0.4 is 0 Å². The zero-order chi connectivity index (χ0) is 11.3. The fourth-order valence-corrected chi connectivity index (χ4v) is 1.87. The van der Waals surface area contributed by atoms with Crippen molar-refractivity contribution in [2.45, 2.75) is 20.8 Å². The lowest BCUT2D eigenvalue weighted by Gasteiger charge is -2.03. The average Bonchev–Trinajstić information content (AvgIpc) is 2.56. The average molecular weight is 212 g/mol. The van der Waals surface area contributed by atoms with E-state index < -0.39 is 0 Å². The molecule has 4 nitrogen and oxygen atoms in total. The van der Waals surface area contributed by atoms with Crippen molar-refractivity contribution < 1.29 is 0 Å². The summed E-state index contributed by atoms with van der Waals surface area (Å²) in [7, 11) is 0. The first-order valence-electron chi connectivity index (χ1n) is 5.25. The van der Waals surface area contributed by atoms with E-state index in [0.29, 0.717) is 0 Å². The summed E-state index contributed by atoms with van der Waals surface area (Å²) >= 11 is 0. The van der Waals surface area contributed by atoms with E-state index in [4.69, 9.17) is 0 Å². The highest BCUT2D eigenvalue weighted by atomic mass is 14.9. The molecular weight excluding hydrogens is 200 g/mol. The molecule has 0 fully saturated rings. The molecule has 0 saturated carbocycles. The Morgan fingerprint density at radius 2 is 1.56 bits per heavy atom. The number of imidazole rings is 1. The number of rotatable bonds is 0. The van der Waals surface area contributed by atoms with Gasteiger partial charge in [0.1, 0.15) is 5.82 Å². The van der Waals surface area contributed by atoms with Crippen molar-refractivity contribution in [1.82, 2.24) is 19.9 Å². The number of nitrogens with zero attached hydrogens (tertiary/aromatic N) is 3. The van der Waals surface area contributed by atoms with E-state index in [-0.39, 0.29) is 0 Å². The van der Waals surface area contributed by atoms with Crippen molar-refractivity contribution in [3.8, 4) is 0 Å². The summed E-state index contributed by atoms with van der Waals surface area (Å²) in [5.74, 6) is 0.804. The molecule has 80 valence electrons. The van der Waals surface area contributed by atoms with Crippen LogP contribution in [0.2, 0.25) is 0 Å². The van der Waals surface area contributed by atoms with Crippen molar-refractivity contribution in [3.63, 3.8) is 0 Å². The SMILES string of the molecule is Cc1nc2cc3nc(C)c(C)[nH]c3cc2n1. The van der Waals surface area contributed by atoms with Crippen LogP contribution in [0.4, 0.5) is 0 Å². The summed E-state index contributed by atoms with van der Waals surface area (Å²) in [6.07, 6.45) is 0. The predicted molar refractivity (Wildman–Crippen MR) is 63.4 cm³/mol. The summed E-state index contributed by atoms with van der Waals surface area (Å²) in [6, 6.07) is 3.98. The van der Waals surface area contributed by atoms with E-state index in [9.17, 15) is 0 Å². The van der Waals surface area contributed by atoms with Gasteiger partial charge in [-0.1, -0.05) is 0 Å². The van der Waals surface area contributed by atoms with Gasteiger partial charge in [-0.3, -0.25) is 0 Å². The molecule has 0 unspecified atom stereocenters. The molecule has 1 aromatic carbocycles. The Labute approximate surface area is 92.8 Å². The van der Waals surface area contributed by atoms with Crippen LogP contribution in [-0.4, -0.2) is 19.9 Å². The Morgan fingerprint density at radius 1 is 0.875 bits per heavy atom. The predicted octanol–water partition coefficient (Wildman–Crippen LogP) is 2.43. The molecule has 16 heavy (non-hydrogen) atoms. The molecule has 3 rings (SSSR count). The number of hydrogen-bond donors (Lipinski definition) is 1. The van der Waals surface area contributed by atoms with Gasteiger partial charge in [-0.25, -0.2) is 15.0 Å². The second-order valence-electron chi connectivity index (χ2n) is 4.08. The number of aromatic amines is 1. The highest BCUT2D eigenvalue weighted by Gasteiger charge is 2.05. The van der Waals surface area contributed by atoms with Crippen molar-refractivity contribution in [2.75, 3.05) is 0 Å². The minimum Gasteiger partial charge on any atom is -0.356 e. The third-order valence-corrected chi connectivity index (χ3v) is 2.81. The molecule has 0 saturated heterocycles. The molecular formula is C12H12N4. The van der Waals surface area contributed by atoms with Crippen molar-refractivity contribution in [1.29, 1.82) is 0 Å². The van der Waals surface area contributed by atoms with Crippen LogP contribution in [0.3, 0.4) is 0 Å². The number of aryl methyl sites for hydroxylation is 3. The minimum atomic E-state index is 0.804. The third kappa shape index (κ3) is 1.26. The monoisotopic (exact) mass is 212 g/mol. The van der Waals surface area contributed by atoms with Gasteiger partial charge in [-0.2, -0.15) is 0 Å². The number of hydrogen-bond acceptors (Lipinski definition) is 3. The third-order valence-electron chi connectivity index (χ3n) is 2.81. The van der Waals surface area contributed by atoms with E-state index in [1.807, 2.05) is 32.9 Å².